The van der Waals surface area contributed by atoms with Gasteiger partial charge in [0.15, 0.2) is 5.82 Å². The van der Waals surface area contributed by atoms with E-state index in [1.165, 1.54) is 4.90 Å². The Morgan fingerprint density at radius 2 is 1.88 bits per heavy atom. The third-order valence-electron chi connectivity index (χ3n) is 2.22. The number of carbonyl (C=O) groups excluding carboxylic acids is 1. The molecule has 1 heterocycles. The van der Waals surface area contributed by atoms with E-state index in [2.05, 4.69) is 9.97 Å². The van der Waals surface area contributed by atoms with Crippen molar-refractivity contribution in [2.45, 2.75) is 39.3 Å². The van der Waals surface area contributed by atoms with E-state index in [1.807, 2.05) is 27.7 Å². The summed E-state index contributed by atoms with van der Waals surface area (Å²) in [6.45, 7) is 7.37. The summed E-state index contributed by atoms with van der Waals surface area (Å²) in [5.74, 6) is 0.598. The van der Waals surface area contributed by atoms with Gasteiger partial charge in [0.25, 0.3) is 0 Å². The van der Waals surface area contributed by atoms with E-state index >= 15 is 0 Å². The molecule has 0 N–H and O–H groups in total. The van der Waals surface area contributed by atoms with Crippen LogP contribution in [-0.2, 0) is 4.74 Å². The van der Waals surface area contributed by atoms with Gasteiger partial charge in [0.1, 0.15) is 5.60 Å². The molecule has 0 aliphatic heterocycles. The van der Waals surface area contributed by atoms with E-state index in [0.717, 1.165) is 0 Å². The molecular formula is C12H19N3O2. The lowest BCUT2D eigenvalue weighted by atomic mass is 10.2. The number of hydrogen-bond donors (Lipinski definition) is 0. The van der Waals surface area contributed by atoms with Crippen LogP contribution in [0.4, 0.5) is 4.79 Å². The Balaban J connectivity index is 2.70. The lowest BCUT2D eigenvalue weighted by Crippen LogP contribution is -2.36. The minimum Gasteiger partial charge on any atom is -0.444 e. The number of carbonyl (C=O) groups is 1. The molecule has 0 radical (unpaired) electrons. The van der Waals surface area contributed by atoms with Gasteiger partial charge in [0.05, 0.1) is 6.04 Å². The van der Waals surface area contributed by atoms with Crippen molar-refractivity contribution < 1.29 is 9.53 Å². The highest BCUT2D eigenvalue weighted by Crippen LogP contribution is 2.17. The topological polar surface area (TPSA) is 55.3 Å². The van der Waals surface area contributed by atoms with Crippen molar-refractivity contribution in [3.05, 3.63) is 24.3 Å². The summed E-state index contributed by atoms with van der Waals surface area (Å²) in [5, 5.41) is 0. The van der Waals surface area contributed by atoms with Crippen molar-refractivity contribution in [3.63, 3.8) is 0 Å². The summed E-state index contributed by atoms with van der Waals surface area (Å²) in [5.41, 5.74) is -0.497. The largest absolute Gasteiger partial charge is 0.444 e. The van der Waals surface area contributed by atoms with Crippen LogP contribution in [0.1, 0.15) is 39.6 Å². The van der Waals surface area contributed by atoms with Crippen LogP contribution in [0.25, 0.3) is 0 Å². The molecule has 1 aromatic heterocycles. The Kier molecular flexibility index (Phi) is 4.04. The summed E-state index contributed by atoms with van der Waals surface area (Å²) in [4.78, 5) is 21.5. The number of amides is 1. The van der Waals surface area contributed by atoms with Crippen molar-refractivity contribution in [1.82, 2.24) is 14.9 Å². The average molecular weight is 237 g/mol. The van der Waals surface area contributed by atoms with Gasteiger partial charge < -0.3 is 9.64 Å². The van der Waals surface area contributed by atoms with Gasteiger partial charge in [-0.25, -0.2) is 14.8 Å². The number of nitrogens with zero attached hydrogens (tertiary/aromatic N) is 3. The number of rotatable bonds is 2. The van der Waals surface area contributed by atoms with Crippen LogP contribution in [0.2, 0.25) is 0 Å². The first-order valence-corrected chi connectivity index (χ1v) is 5.54. The van der Waals surface area contributed by atoms with E-state index in [0.29, 0.717) is 5.82 Å². The quantitative estimate of drug-likeness (QED) is 0.792. The van der Waals surface area contributed by atoms with Crippen LogP contribution >= 0.6 is 0 Å². The predicted octanol–water partition coefficient (Wildman–Crippen LogP) is 2.40. The number of ether oxygens (including phenoxy) is 1. The van der Waals surface area contributed by atoms with Gasteiger partial charge in [0.2, 0.25) is 0 Å². The molecule has 0 saturated heterocycles. The molecule has 17 heavy (non-hydrogen) atoms. The number of aromatic nitrogens is 2. The van der Waals surface area contributed by atoms with E-state index in [1.54, 1.807) is 25.5 Å². The van der Waals surface area contributed by atoms with E-state index in [-0.39, 0.29) is 12.1 Å². The maximum atomic E-state index is 11.8. The molecule has 1 amide bonds. The van der Waals surface area contributed by atoms with Gasteiger partial charge >= 0.3 is 6.09 Å². The minimum atomic E-state index is -0.497. The monoisotopic (exact) mass is 237 g/mol. The Morgan fingerprint density at radius 1 is 1.35 bits per heavy atom. The summed E-state index contributed by atoms with van der Waals surface area (Å²) in [6.07, 6.45) is 2.93. The average Bonchev–Trinajstić information content (AvgIpc) is 2.26. The van der Waals surface area contributed by atoms with Gasteiger partial charge in [-0.05, 0) is 33.8 Å². The highest BCUT2D eigenvalue weighted by Gasteiger charge is 2.24. The summed E-state index contributed by atoms with van der Waals surface area (Å²) in [6, 6.07) is 1.52. The second-order valence-corrected chi connectivity index (χ2v) is 4.87. The molecule has 5 heteroatoms. The molecule has 1 atom stereocenters. The first-order valence-electron chi connectivity index (χ1n) is 5.54. The van der Waals surface area contributed by atoms with Gasteiger partial charge in [-0.1, -0.05) is 0 Å². The van der Waals surface area contributed by atoms with Crippen LogP contribution in [0.15, 0.2) is 18.5 Å². The van der Waals surface area contributed by atoms with Crippen LogP contribution in [0, 0.1) is 0 Å². The van der Waals surface area contributed by atoms with E-state index in [9.17, 15) is 4.79 Å². The molecule has 0 aromatic carbocycles. The second-order valence-electron chi connectivity index (χ2n) is 4.87. The molecule has 0 saturated carbocycles. The molecule has 0 aliphatic rings. The highest BCUT2D eigenvalue weighted by molar-refractivity contribution is 5.68. The molecule has 0 unspecified atom stereocenters. The lowest BCUT2D eigenvalue weighted by Gasteiger charge is -2.27. The van der Waals surface area contributed by atoms with Gasteiger partial charge in [0, 0.05) is 19.4 Å². The SMILES string of the molecule is C[C@H](c1ncccn1)N(C)C(=O)OC(C)(C)C. The van der Waals surface area contributed by atoms with Crippen molar-refractivity contribution in [2.75, 3.05) is 7.05 Å². The Labute approximate surface area is 102 Å². The van der Waals surface area contributed by atoms with Crippen LogP contribution in [0.5, 0.6) is 0 Å². The molecule has 1 aromatic rings. The highest BCUT2D eigenvalue weighted by atomic mass is 16.6. The molecule has 94 valence electrons. The molecular weight excluding hydrogens is 218 g/mol. The predicted molar refractivity (Wildman–Crippen MR) is 64.4 cm³/mol. The summed E-state index contributed by atoms with van der Waals surface area (Å²) >= 11 is 0. The third kappa shape index (κ3) is 4.01. The Hall–Kier alpha value is -1.65. The first-order chi connectivity index (χ1) is 7.81. The first kappa shape index (κ1) is 13.4. The Morgan fingerprint density at radius 3 is 2.35 bits per heavy atom. The lowest BCUT2D eigenvalue weighted by molar-refractivity contribution is 0.0227. The summed E-state index contributed by atoms with van der Waals surface area (Å²) < 4.78 is 5.27. The second kappa shape index (κ2) is 5.12. The number of hydrogen-bond acceptors (Lipinski definition) is 4. The molecule has 0 fully saturated rings. The molecule has 1 rings (SSSR count). The smallest absolute Gasteiger partial charge is 0.410 e. The normalized spacial score (nSPS) is 13.0. The molecule has 0 aliphatic carbocycles. The molecule has 0 spiro atoms. The van der Waals surface area contributed by atoms with Gasteiger partial charge in [-0.2, -0.15) is 0 Å². The fourth-order valence-electron chi connectivity index (χ4n) is 1.19. The summed E-state index contributed by atoms with van der Waals surface area (Å²) in [7, 11) is 1.68. The zero-order valence-electron chi connectivity index (χ0n) is 11.0. The van der Waals surface area contributed by atoms with Crippen LogP contribution < -0.4 is 0 Å². The Bertz CT molecular complexity index is 373. The van der Waals surface area contributed by atoms with Gasteiger partial charge in [-0.15, -0.1) is 0 Å². The van der Waals surface area contributed by atoms with Crippen LogP contribution in [-0.4, -0.2) is 33.6 Å². The maximum Gasteiger partial charge on any atom is 0.410 e. The van der Waals surface area contributed by atoms with E-state index in [4.69, 9.17) is 4.74 Å². The molecule has 5 nitrogen and oxygen atoms in total. The molecule has 0 bridgehead atoms. The fourth-order valence-corrected chi connectivity index (χ4v) is 1.19. The minimum absolute atomic E-state index is 0.217. The maximum absolute atomic E-state index is 11.8. The van der Waals surface area contributed by atoms with Crippen molar-refractivity contribution >= 4 is 6.09 Å². The van der Waals surface area contributed by atoms with Gasteiger partial charge in [-0.3, -0.25) is 0 Å². The van der Waals surface area contributed by atoms with Crippen molar-refractivity contribution in [1.29, 1.82) is 0 Å². The van der Waals surface area contributed by atoms with Crippen molar-refractivity contribution in [2.24, 2.45) is 0 Å². The standard InChI is InChI=1S/C12H19N3O2/c1-9(10-13-7-6-8-14-10)15(5)11(16)17-12(2,3)4/h6-9H,1-5H3/t9-/m1/s1. The van der Waals surface area contributed by atoms with Crippen LogP contribution in [0.3, 0.4) is 0 Å². The van der Waals surface area contributed by atoms with Crippen molar-refractivity contribution in [3.8, 4) is 0 Å². The van der Waals surface area contributed by atoms with E-state index < -0.39 is 5.60 Å². The fraction of sp³-hybridized carbons (Fsp3) is 0.583. The zero-order valence-corrected chi connectivity index (χ0v) is 11.0. The third-order valence-corrected chi connectivity index (χ3v) is 2.22. The zero-order chi connectivity index (χ0) is 13.1.